The van der Waals surface area contributed by atoms with Gasteiger partial charge in [0.25, 0.3) is 5.91 Å². The van der Waals surface area contributed by atoms with Crippen LogP contribution in [0.2, 0.25) is 0 Å². The number of primary amides is 1. The molecule has 1 amide bonds. The number of carbonyl (C=O) groups excluding carboxylic acids is 1. The van der Waals surface area contributed by atoms with Gasteiger partial charge < -0.3 is 11.5 Å². The van der Waals surface area contributed by atoms with E-state index in [-0.39, 0.29) is 11.4 Å². The highest BCUT2D eigenvalue weighted by Crippen LogP contribution is 2.38. The van der Waals surface area contributed by atoms with E-state index in [9.17, 15) is 4.79 Å². The van der Waals surface area contributed by atoms with Crippen LogP contribution in [-0.4, -0.2) is 15.9 Å². The molecule has 5 heteroatoms. The van der Waals surface area contributed by atoms with Crippen molar-refractivity contribution in [3.05, 3.63) is 17.6 Å². The molecule has 1 aliphatic rings. The number of anilines is 1. The molecule has 0 radical (unpaired) electrons. The molecule has 13 heavy (non-hydrogen) atoms. The molecule has 0 spiro atoms. The molecular weight excluding hydrogens is 168 g/mol. The summed E-state index contributed by atoms with van der Waals surface area (Å²) in [6.07, 6.45) is 3.61. The Bertz CT molecular complexity index is 359. The first kappa shape index (κ1) is 7.97. The molecule has 68 valence electrons. The number of hydrogen-bond donors (Lipinski definition) is 2. The molecule has 1 fully saturated rings. The van der Waals surface area contributed by atoms with Crippen LogP contribution in [0.1, 0.15) is 34.9 Å². The molecule has 1 aromatic heterocycles. The number of hydrogen-bond acceptors (Lipinski definition) is 4. The fourth-order valence-electron chi connectivity index (χ4n) is 1.14. The lowest BCUT2D eigenvalue weighted by atomic mass is 10.3. The maximum Gasteiger partial charge on any atom is 0.254 e. The third-order valence-electron chi connectivity index (χ3n) is 2.04. The Labute approximate surface area is 75.2 Å². The van der Waals surface area contributed by atoms with Crippen molar-refractivity contribution in [1.82, 2.24) is 9.97 Å². The van der Waals surface area contributed by atoms with E-state index in [1.165, 1.54) is 6.20 Å². The maximum absolute atomic E-state index is 10.8. The van der Waals surface area contributed by atoms with Crippen LogP contribution in [0.15, 0.2) is 6.20 Å². The minimum Gasteiger partial charge on any atom is -0.383 e. The van der Waals surface area contributed by atoms with Crippen molar-refractivity contribution in [1.29, 1.82) is 0 Å². The summed E-state index contributed by atoms with van der Waals surface area (Å²) in [6.45, 7) is 0. The van der Waals surface area contributed by atoms with Gasteiger partial charge in [0.05, 0.1) is 5.56 Å². The van der Waals surface area contributed by atoms with Crippen molar-refractivity contribution < 1.29 is 4.79 Å². The third-order valence-corrected chi connectivity index (χ3v) is 2.04. The lowest BCUT2D eigenvalue weighted by molar-refractivity contribution is 0.100. The van der Waals surface area contributed by atoms with Crippen LogP contribution in [0.25, 0.3) is 0 Å². The van der Waals surface area contributed by atoms with Gasteiger partial charge in [0.2, 0.25) is 0 Å². The fraction of sp³-hybridized carbons (Fsp3) is 0.375. The summed E-state index contributed by atoms with van der Waals surface area (Å²) in [5, 5.41) is 0. The molecule has 0 aromatic carbocycles. The zero-order valence-electron chi connectivity index (χ0n) is 7.03. The summed E-state index contributed by atoms with van der Waals surface area (Å²) in [4.78, 5) is 18.8. The average Bonchev–Trinajstić information content (AvgIpc) is 2.85. The van der Waals surface area contributed by atoms with Gasteiger partial charge in [0.1, 0.15) is 11.6 Å². The molecule has 1 saturated carbocycles. The lowest BCUT2D eigenvalue weighted by Crippen LogP contribution is -2.15. The van der Waals surface area contributed by atoms with Crippen molar-refractivity contribution in [2.24, 2.45) is 5.73 Å². The van der Waals surface area contributed by atoms with E-state index in [1.807, 2.05) is 0 Å². The summed E-state index contributed by atoms with van der Waals surface area (Å²) in [5.41, 5.74) is 10.8. The van der Waals surface area contributed by atoms with Crippen LogP contribution in [0.3, 0.4) is 0 Å². The summed E-state index contributed by atoms with van der Waals surface area (Å²) in [7, 11) is 0. The number of nitrogens with zero attached hydrogens (tertiary/aromatic N) is 2. The van der Waals surface area contributed by atoms with Gasteiger partial charge in [-0.25, -0.2) is 9.97 Å². The molecule has 1 heterocycles. The Morgan fingerprint density at radius 2 is 2.23 bits per heavy atom. The van der Waals surface area contributed by atoms with Gasteiger partial charge >= 0.3 is 0 Å². The Balaban J connectivity index is 2.36. The van der Waals surface area contributed by atoms with Gasteiger partial charge in [-0.15, -0.1) is 0 Å². The summed E-state index contributed by atoms with van der Waals surface area (Å²) < 4.78 is 0. The van der Waals surface area contributed by atoms with Crippen LogP contribution in [0.4, 0.5) is 5.82 Å². The molecule has 1 aliphatic carbocycles. The largest absolute Gasteiger partial charge is 0.383 e. The normalized spacial score (nSPS) is 15.7. The Morgan fingerprint density at radius 3 is 2.69 bits per heavy atom. The van der Waals surface area contributed by atoms with Gasteiger partial charge in [-0.3, -0.25) is 4.79 Å². The molecule has 0 unspecified atom stereocenters. The molecular formula is C8H10N4O. The number of carbonyl (C=O) groups is 1. The van der Waals surface area contributed by atoms with E-state index in [0.29, 0.717) is 5.92 Å². The van der Waals surface area contributed by atoms with E-state index in [0.717, 1.165) is 18.7 Å². The standard InChI is InChI=1S/C8H10N4O/c9-6-5(7(10)13)3-11-8(12-6)4-1-2-4/h3-4H,1-2H2,(H2,10,13)(H2,9,11,12). The van der Waals surface area contributed by atoms with E-state index < -0.39 is 5.91 Å². The second-order valence-corrected chi connectivity index (χ2v) is 3.17. The molecule has 5 nitrogen and oxygen atoms in total. The van der Waals surface area contributed by atoms with Gasteiger partial charge in [0.15, 0.2) is 0 Å². The molecule has 1 aromatic rings. The first-order valence-corrected chi connectivity index (χ1v) is 4.10. The van der Waals surface area contributed by atoms with Crippen LogP contribution in [0, 0.1) is 0 Å². The molecule has 0 atom stereocenters. The predicted molar refractivity (Wildman–Crippen MR) is 46.9 cm³/mol. The molecule has 0 aliphatic heterocycles. The van der Waals surface area contributed by atoms with E-state index in [4.69, 9.17) is 11.5 Å². The van der Waals surface area contributed by atoms with E-state index in [1.54, 1.807) is 0 Å². The van der Waals surface area contributed by atoms with Crippen molar-refractivity contribution in [3.8, 4) is 0 Å². The average molecular weight is 178 g/mol. The van der Waals surface area contributed by atoms with Crippen LogP contribution in [-0.2, 0) is 0 Å². The van der Waals surface area contributed by atoms with Gasteiger partial charge in [-0.05, 0) is 12.8 Å². The Hall–Kier alpha value is -1.65. The Kier molecular flexibility index (Phi) is 1.65. The highest BCUT2D eigenvalue weighted by molar-refractivity contribution is 5.96. The number of nitrogens with two attached hydrogens (primary N) is 2. The monoisotopic (exact) mass is 178 g/mol. The van der Waals surface area contributed by atoms with Crippen molar-refractivity contribution in [2.45, 2.75) is 18.8 Å². The van der Waals surface area contributed by atoms with Crippen molar-refractivity contribution in [3.63, 3.8) is 0 Å². The quantitative estimate of drug-likeness (QED) is 0.668. The number of aromatic nitrogens is 2. The molecule has 4 N–H and O–H groups in total. The lowest BCUT2D eigenvalue weighted by Gasteiger charge is -2.01. The minimum atomic E-state index is -0.583. The fourth-order valence-corrected chi connectivity index (χ4v) is 1.14. The minimum absolute atomic E-state index is 0.185. The SMILES string of the molecule is NC(=O)c1cnc(C2CC2)nc1N. The third kappa shape index (κ3) is 1.44. The van der Waals surface area contributed by atoms with E-state index in [2.05, 4.69) is 9.97 Å². The van der Waals surface area contributed by atoms with Gasteiger partial charge in [-0.1, -0.05) is 0 Å². The summed E-state index contributed by atoms with van der Waals surface area (Å²) in [6, 6.07) is 0. The summed E-state index contributed by atoms with van der Waals surface area (Å²) >= 11 is 0. The smallest absolute Gasteiger partial charge is 0.254 e. The van der Waals surface area contributed by atoms with Crippen LogP contribution >= 0.6 is 0 Å². The number of nitrogen functional groups attached to an aromatic ring is 1. The first-order valence-electron chi connectivity index (χ1n) is 4.10. The number of amides is 1. The second kappa shape index (κ2) is 2.69. The Morgan fingerprint density at radius 1 is 1.54 bits per heavy atom. The number of rotatable bonds is 2. The zero-order valence-corrected chi connectivity index (χ0v) is 7.03. The highest BCUT2D eigenvalue weighted by atomic mass is 16.1. The maximum atomic E-state index is 10.8. The van der Waals surface area contributed by atoms with E-state index >= 15 is 0 Å². The highest BCUT2D eigenvalue weighted by Gasteiger charge is 2.27. The van der Waals surface area contributed by atoms with Gasteiger partial charge in [-0.2, -0.15) is 0 Å². The van der Waals surface area contributed by atoms with Crippen molar-refractivity contribution in [2.75, 3.05) is 5.73 Å². The second-order valence-electron chi connectivity index (χ2n) is 3.17. The van der Waals surface area contributed by atoms with Gasteiger partial charge in [0, 0.05) is 12.1 Å². The first-order chi connectivity index (χ1) is 6.18. The molecule has 0 saturated heterocycles. The summed E-state index contributed by atoms with van der Waals surface area (Å²) in [5.74, 6) is 0.760. The van der Waals surface area contributed by atoms with Crippen LogP contribution in [0.5, 0.6) is 0 Å². The molecule has 2 rings (SSSR count). The topological polar surface area (TPSA) is 94.9 Å². The van der Waals surface area contributed by atoms with Crippen molar-refractivity contribution >= 4 is 11.7 Å². The van der Waals surface area contributed by atoms with Crippen LogP contribution < -0.4 is 11.5 Å². The molecule has 0 bridgehead atoms. The zero-order chi connectivity index (χ0) is 9.42. The predicted octanol–water partition coefficient (Wildman–Crippen LogP) is 0.0351.